The van der Waals surface area contributed by atoms with E-state index in [1.807, 2.05) is 0 Å². The third-order valence-corrected chi connectivity index (χ3v) is 1.76. The Bertz CT molecular complexity index is 204. The Balaban J connectivity index is 0. The molecule has 0 aliphatic rings. The fourth-order valence-corrected chi connectivity index (χ4v) is 0.948. The van der Waals surface area contributed by atoms with Gasteiger partial charge in [0.1, 0.15) is 0 Å². The molecule has 3 N–H and O–H groups in total. The lowest BCUT2D eigenvalue weighted by molar-refractivity contribution is 0.456. The van der Waals surface area contributed by atoms with E-state index in [4.69, 9.17) is 10.3 Å². The Morgan fingerprint density at radius 2 is 1.92 bits per heavy atom. The number of hydrogen-bond donors (Lipinski definition) is 2. The first kappa shape index (κ1) is 15.0. The Labute approximate surface area is 78.4 Å². The van der Waals surface area contributed by atoms with Crippen LogP contribution >= 0.6 is 0 Å². The number of nitrogens with two attached hydrogens (primary N) is 1. The number of alkyl halides is 1. The van der Waals surface area contributed by atoms with E-state index in [1.165, 1.54) is 0 Å². The summed E-state index contributed by atoms with van der Waals surface area (Å²) in [5, 5.41) is 0. The summed E-state index contributed by atoms with van der Waals surface area (Å²) in [7, 11) is -3.86. The normalized spacial score (nSPS) is 10.1. The highest BCUT2D eigenvalue weighted by Gasteiger charge is 2.01. The average molecular weight is 213 g/mol. The molecule has 0 spiro atoms. The van der Waals surface area contributed by atoms with Crippen LogP contribution in [0.4, 0.5) is 4.39 Å². The van der Waals surface area contributed by atoms with Gasteiger partial charge in [0.05, 0.1) is 12.4 Å². The van der Waals surface area contributed by atoms with Crippen molar-refractivity contribution in [2.45, 2.75) is 12.8 Å². The number of hydrogen-bond acceptors (Lipinski definition) is 3. The number of halogens is 1. The highest BCUT2D eigenvalue weighted by Crippen LogP contribution is 1.93. The molecule has 0 heterocycles. The fraction of sp³-hybridized carbons (Fsp3) is 0.714. The monoisotopic (exact) mass is 213 g/mol. The zero-order valence-corrected chi connectivity index (χ0v) is 8.26. The zero-order chi connectivity index (χ0) is 10.7. The van der Waals surface area contributed by atoms with Crippen LogP contribution < -0.4 is 5.73 Å². The molecule has 0 aliphatic heterocycles. The van der Waals surface area contributed by atoms with E-state index in [1.54, 1.807) is 6.08 Å². The van der Waals surface area contributed by atoms with Gasteiger partial charge in [-0.3, -0.25) is 8.94 Å². The highest BCUT2D eigenvalue weighted by molar-refractivity contribution is 7.85. The van der Waals surface area contributed by atoms with E-state index in [-0.39, 0.29) is 18.6 Å². The van der Waals surface area contributed by atoms with Gasteiger partial charge in [-0.2, -0.15) is 8.42 Å². The van der Waals surface area contributed by atoms with Crippen molar-refractivity contribution in [2.24, 2.45) is 5.73 Å². The van der Waals surface area contributed by atoms with Crippen molar-refractivity contribution >= 4 is 10.1 Å². The smallest absolute Gasteiger partial charge is 0.264 e. The Morgan fingerprint density at radius 1 is 1.46 bits per heavy atom. The molecule has 0 aromatic carbocycles. The van der Waals surface area contributed by atoms with Gasteiger partial charge in [-0.25, -0.2) is 0 Å². The maximum absolute atomic E-state index is 11.3. The van der Waals surface area contributed by atoms with Gasteiger partial charge in [-0.1, -0.05) is 6.08 Å². The first-order valence-electron chi connectivity index (χ1n) is 3.80. The molecule has 0 saturated carbocycles. The summed E-state index contributed by atoms with van der Waals surface area (Å²) in [5.41, 5.74) is 4.91. The van der Waals surface area contributed by atoms with E-state index in [0.717, 1.165) is 0 Å². The summed E-state index contributed by atoms with van der Waals surface area (Å²) < 4.78 is 39.3. The highest BCUT2D eigenvalue weighted by atomic mass is 32.2. The first-order chi connectivity index (χ1) is 5.97. The van der Waals surface area contributed by atoms with Crippen molar-refractivity contribution in [3.8, 4) is 0 Å². The Hall–Kier alpha value is -0.460. The predicted molar refractivity (Wildman–Crippen MR) is 50.9 cm³/mol. The summed E-state index contributed by atoms with van der Waals surface area (Å²) in [6, 6.07) is 0. The lowest BCUT2D eigenvalue weighted by atomic mass is 10.4. The van der Waals surface area contributed by atoms with Gasteiger partial charge in [0.2, 0.25) is 0 Å². The van der Waals surface area contributed by atoms with Crippen LogP contribution in [-0.4, -0.2) is 31.9 Å². The summed E-state index contributed by atoms with van der Waals surface area (Å²) >= 11 is 0. The third kappa shape index (κ3) is 24.6. The molecule has 0 radical (unpaired) electrons. The molecule has 13 heavy (non-hydrogen) atoms. The van der Waals surface area contributed by atoms with E-state index < -0.39 is 16.8 Å². The number of unbranched alkanes of at least 4 members (excludes halogenated alkanes) is 1. The molecule has 0 aromatic rings. The largest absolute Gasteiger partial charge is 0.327 e. The van der Waals surface area contributed by atoms with Gasteiger partial charge in [-0.15, -0.1) is 6.58 Å². The second-order valence-corrected chi connectivity index (χ2v) is 3.78. The molecule has 0 fully saturated rings. The molecule has 0 atom stereocenters. The summed E-state index contributed by atoms with van der Waals surface area (Å²) in [4.78, 5) is 0. The maximum Gasteiger partial charge on any atom is 0.264 e. The minimum absolute atomic E-state index is 0.190. The molecule has 80 valence electrons. The fourth-order valence-electron chi connectivity index (χ4n) is 0.379. The van der Waals surface area contributed by atoms with Gasteiger partial charge < -0.3 is 5.73 Å². The van der Waals surface area contributed by atoms with Gasteiger partial charge in [0, 0.05) is 6.54 Å². The average Bonchev–Trinajstić information content (AvgIpc) is 2.03. The minimum atomic E-state index is -3.86. The summed E-state index contributed by atoms with van der Waals surface area (Å²) in [6.45, 7) is 3.41. The Kier molecular flexibility index (Phi) is 11.1. The summed E-state index contributed by atoms with van der Waals surface area (Å²) in [5.74, 6) is -0.336. The first-order valence-corrected chi connectivity index (χ1v) is 5.41. The number of rotatable bonds is 5. The van der Waals surface area contributed by atoms with E-state index in [2.05, 4.69) is 6.58 Å². The van der Waals surface area contributed by atoms with Gasteiger partial charge in [-0.05, 0) is 12.8 Å². The topological polar surface area (TPSA) is 80.4 Å². The van der Waals surface area contributed by atoms with Gasteiger partial charge in [0.15, 0.2) is 0 Å². The van der Waals surface area contributed by atoms with Crippen LogP contribution in [0.2, 0.25) is 0 Å². The van der Waals surface area contributed by atoms with E-state index >= 15 is 0 Å². The van der Waals surface area contributed by atoms with Gasteiger partial charge in [0.25, 0.3) is 10.1 Å². The molecular weight excluding hydrogens is 197 g/mol. The van der Waals surface area contributed by atoms with E-state index in [9.17, 15) is 12.8 Å². The quantitative estimate of drug-likeness (QED) is 0.401. The lowest BCUT2D eigenvalue weighted by Crippen LogP contribution is -2.03. The molecule has 0 rings (SSSR count). The van der Waals surface area contributed by atoms with Crippen LogP contribution in [0.1, 0.15) is 12.8 Å². The standard InChI is InChI=1S/C4H9FO3S.C3H7N/c5-3-1-2-4-9(6,7)8;1-2-3-4/h1-4H2,(H,6,7,8);2H,1,3-4H2. The second kappa shape index (κ2) is 9.63. The van der Waals surface area contributed by atoms with Crippen LogP contribution in [0.5, 0.6) is 0 Å². The SMILES string of the molecule is C=CCN.O=S(=O)(O)CCCCF. The van der Waals surface area contributed by atoms with Gasteiger partial charge >= 0.3 is 0 Å². The van der Waals surface area contributed by atoms with Crippen LogP contribution in [0, 0.1) is 0 Å². The lowest BCUT2D eigenvalue weighted by Gasteiger charge is -1.91. The minimum Gasteiger partial charge on any atom is -0.327 e. The van der Waals surface area contributed by atoms with Crippen LogP contribution in [0.15, 0.2) is 12.7 Å². The van der Waals surface area contributed by atoms with Crippen molar-refractivity contribution in [3.05, 3.63) is 12.7 Å². The molecular formula is C7H16FNO3S. The van der Waals surface area contributed by atoms with Crippen molar-refractivity contribution in [2.75, 3.05) is 19.0 Å². The van der Waals surface area contributed by atoms with Crippen LogP contribution in [-0.2, 0) is 10.1 Å². The predicted octanol–water partition coefficient (Wildman–Crippen LogP) is 0.755. The second-order valence-electron chi connectivity index (χ2n) is 2.21. The Morgan fingerprint density at radius 3 is 2.15 bits per heavy atom. The molecule has 0 aliphatic carbocycles. The van der Waals surface area contributed by atoms with Crippen LogP contribution in [0.25, 0.3) is 0 Å². The van der Waals surface area contributed by atoms with Crippen LogP contribution in [0.3, 0.4) is 0 Å². The molecule has 0 aromatic heterocycles. The van der Waals surface area contributed by atoms with Crippen molar-refractivity contribution < 1.29 is 17.4 Å². The zero-order valence-electron chi connectivity index (χ0n) is 7.45. The van der Waals surface area contributed by atoms with Crippen molar-refractivity contribution in [1.29, 1.82) is 0 Å². The van der Waals surface area contributed by atoms with E-state index in [0.29, 0.717) is 6.54 Å². The summed E-state index contributed by atoms with van der Waals surface area (Å²) in [6.07, 6.45) is 2.04. The molecule has 0 unspecified atom stereocenters. The molecule has 6 heteroatoms. The molecule has 0 amide bonds. The maximum atomic E-state index is 11.3. The van der Waals surface area contributed by atoms with Crippen molar-refractivity contribution in [1.82, 2.24) is 0 Å². The van der Waals surface area contributed by atoms with Crippen molar-refractivity contribution in [3.63, 3.8) is 0 Å². The third-order valence-electron chi connectivity index (χ3n) is 0.953. The molecule has 0 bridgehead atoms. The molecule has 0 saturated heterocycles. The molecule has 4 nitrogen and oxygen atoms in total.